The lowest BCUT2D eigenvalue weighted by Crippen LogP contribution is -2.30. The van der Waals surface area contributed by atoms with Crippen molar-refractivity contribution in [1.29, 1.82) is 0 Å². The topological polar surface area (TPSA) is 125 Å². The van der Waals surface area contributed by atoms with Gasteiger partial charge >= 0.3 is 0 Å². The molecule has 0 saturated carbocycles. The van der Waals surface area contributed by atoms with Crippen molar-refractivity contribution in [2.75, 3.05) is 7.11 Å². The maximum atomic E-state index is 12.5. The summed E-state index contributed by atoms with van der Waals surface area (Å²) < 4.78 is 12.3. The van der Waals surface area contributed by atoms with Crippen molar-refractivity contribution in [2.24, 2.45) is 5.73 Å². The minimum atomic E-state index is -0.435. The number of aromatic nitrogens is 3. The lowest BCUT2D eigenvalue weighted by molar-refractivity contribution is -0.120. The number of nitrogens with zero attached hydrogens (tertiary/aromatic N) is 3. The predicted molar refractivity (Wildman–Crippen MR) is 112 cm³/mol. The molecule has 0 aliphatic carbocycles. The van der Waals surface area contributed by atoms with Crippen LogP contribution in [0.4, 0.5) is 0 Å². The molecule has 2 aromatic heterocycles. The molecule has 1 aromatic carbocycles. The summed E-state index contributed by atoms with van der Waals surface area (Å²) in [4.78, 5) is 23.8. The molecule has 0 aliphatic rings. The molecular formula is C20H23N5O4S. The largest absolute Gasteiger partial charge is 0.497 e. The van der Waals surface area contributed by atoms with E-state index in [2.05, 4.69) is 15.5 Å². The van der Waals surface area contributed by atoms with Crippen LogP contribution in [0.15, 0.2) is 52.2 Å². The third kappa shape index (κ3) is 5.41. The number of primary amides is 1. The van der Waals surface area contributed by atoms with Crippen molar-refractivity contribution in [2.45, 2.75) is 36.8 Å². The summed E-state index contributed by atoms with van der Waals surface area (Å²) in [6.45, 7) is 2.48. The Morgan fingerprint density at radius 2 is 2.03 bits per heavy atom. The Kier molecular flexibility index (Phi) is 7.12. The summed E-state index contributed by atoms with van der Waals surface area (Å²) in [5, 5.41) is 11.3. The highest BCUT2D eigenvalue weighted by molar-refractivity contribution is 8.00. The van der Waals surface area contributed by atoms with Gasteiger partial charge in [0.15, 0.2) is 16.7 Å². The third-order valence-corrected chi connectivity index (χ3v) is 5.40. The first-order chi connectivity index (χ1) is 14.5. The molecule has 2 amide bonds. The van der Waals surface area contributed by atoms with E-state index < -0.39 is 11.2 Å². The number of nitrogens with one attached hydrogen (secondary N) is 1. The first-order valence-electron chi connectivity index (χ1n) is 9.30. The fourth-order valence-electron chi connectivity index (χ4n) is 2.68. The predicted octanol–water partition coefficient (Wildman–Crippen LogP) is 2.22. The van der Waals surface area contributed by atoms with Gasteiger partial charge in [0, 0.05) is 19.5 Å². The molecule has 0 bridgehead atoms. The molecule has 0 saturated heterocycles. The summed E-state index contributed by atoms with van der Waals surface area (Å²) in [6, 6.07) is 11.0. The molecule has 1 atom stereocenters. The van der Waals surface area contributed by atoms with E-state index in [1.54, 1.807) is 30.7 Å². The molecule has 9 nitrogen and oxygen atoms in total. The van der Waals surface area contributed by atoms with E-state index in [1.807, 2.05) is 24.3 Å². The molecule has 3 N–H and O–H groups in total. The Morgan fingerprint density at radius 3 is 2.67 bits per heavy atom. The van der Waals surface area contributed by atoms with E-state index in [4.69, 9.17) is 14.9 Å². The van der Waals surface area contributed by atoms with Crippen molar-refractivity contribution in [3.05, 3.63) is 48.2 Å². The normalized spacial score (nSPS) is 11.8. The zero-order chi connectivity index (χ0) is 21.5. The molecule has 30 heavy (non-hydrogen) atoms. The molecule has 0 spiro atoms. The number of thioether (sulfide) groups is 1. The van der Waals surface area contributed by atoms with Gasteiger partial charge in [-0.15, -0.1) is 10.2 Å². The van der Waals surface area contributed by atoms with Gasteiger partial charge in [-0.25, -0.2) is 0 Å². The zero-order valence-electron chi connectivity index (χ0n) is 16.7. The molecule has 2 heterocycles. The molecule has 1 unspecified atom stereocenters. The van der Waals surface area contributed by atoms with Gasteiger partial charge in [0.05, 0.1) is 18.6 Å². The van der Waals surface area contributed by atoms with Crippen molar-refractivity contribution in [1.82, 2.24) is 20.1 Å². The zero-order valence-corrected chi connectivity index (χ0v) is 17.5. The first-order valence-corrected chi connectivity index (χ1v) is 10.2. The summed E-state index contributed by atoms with van der Waals surface area (Å²) >= 11 is 1.25. The van der Waals surface area contributed by atoms with Crippen LogP contribution < -0.4 is 15.8 Å². The van der Waals surface area contributed by atoms with Crippen molar-refractivity contribution < 1.29 is 18.7 Å². The Hall–Kier alpha value is -3.27. The average Bonchev–Trinajstić information content (AvgIpc) is 3.40. The molecule has 3 rings (SSSR count). The third-order valence-electron chi connectivity index (χ3n) is 4.32. The standard InChI is InChI=1S/C20H23N5O4S/c1-13(19(27)22-12-14-5-7-15(28-2)8-6-14)30-20-24-23-18(16-4-3-11-29-16)25(20)10-9-17(21)26/h3-8,11,13H,9-10,12H2,1-2H3,(H2,21,26)(H,22,27). The SMILES string of the molecule is COc1ccc(CNC(=O)C(C)Sc2nnc(-c3ccco3)n2CCC(N)=O)cc1. The van der Waals surface area contributed by atoms with Crippen LogP contribution in [0.25, 0.3) is 11.6 Å². The van der Waals surface area contributed by atoms with Crippen LogP contribution in [0.2, 0.25) is 0 Å². The van der Waals surface area contributed by atoms with Crippen LogP contribution in [0.3, 0.4) is 0 Å². The van der Waals surface area contributed by atoms with Gasteiger partial charge in [-0.2, -0.15) is 0 Å². The fraction of sp³-hybridized carbons (Fsp3) is 0.300. The lowest BCUT2D eigenvalue weighted by atomic mass is 10.2. The fourth-order valence-corrected chi connectivity index (χ4v) is 3.58. The van der Waals surface area contributed by atoms with Crippen LogP contribution in [-0.4, -0.2) is 38.9 Å². The van der Waals surface area contributed by atoms with Crippen molar-refractivity contribution in [3.8, 4) is 17.3 Å². The highest BCUT2D eigenvalue weighted by Gasteiger charge is 2.22. The van der Waals surface area contributed by atoms with E-state index in [9.17, 15) is 9.59 Å². The molecule has 0 radical (unpaired) electrons. The second-order valence-electron chi connectivity index (χ2n) is 6.48. The molecule has 0 aliphatic heterocycles. The minimum Gasteiger partial charge on any atom is -0.497 e. The van der Waals surface area contributed by atoms with Gasteiger partial charge in [-0.1, -0.05) is 23.9 Å². The van der Waals surface area contributed by atoms with Crippen LogP contribution in [0, 0.1) is 0 Å². The molecule has 158 valence electrons. The van der Waals surface area contributed by atoms with Gasteiger partial charge in [0.1, 0.15) is 5.75 Å². The maximum Gasteiger partial charge on any atom is 0.233 e. The van der Waals surface area contributed by atoms with Gasteiger partial charge in [0.25, 0.3) is 0 Å². The summed E-state index contributed by atoms with van der Waals surface area (Å²) in [5.74, 6) is 1.19. The maximum absolute atomic E-state index is 12.5. The number of hydrogen-bond donors (Lipinski definition) is 2. The molecule has 0 fully saturated rings. The summed E-state index contributed by atoms with van der Waals surface area (Å²) in [5.41, 5.74) is 6.26. The number of carbonyl (C=O) groups excluding carboxylic acids is 2. The van der Waals surface area contributed by atoms with E-state index in [1.165, 1.54) is 18.0 Å². The van der Waals surface area contributed by atoms with Gasteiger partial charge in [-0.05, 0) is 36.8 Å². The second kappa shape index (κ2) is 9.97. The van der Waals surface area contributed by atoms with Gasteiger partial charge < -0.3 is 20.2 Å². The van der Waals surface area contributed by atoms with E-state index >= 15 is 0 Å². The van der Waals surface area contributed by atoms with Gasteiger partial charge in [-0.3, -0.25) is 14.2 Å². The van der Waals surface area contributed by atoms with Crippen LogP contribution >= 0.6 is 11.8 Å². The molecular weight excluding hydrogens is 406 g/mol. The Bertz CT molecular complexity index is 985. The Labute approximate surface area is 178 Å². The van der Waals surface area contributed by atoms with E-state index in [0.29, 0.717) is 29.8 Å². The monoisotopic (exact) mass is 429 g/mol. The Morgan fingerprint density at radius 1 is 1.27 bits per heavy atom. The summed E-state index contributed by atoms with van der Waals surface area (Å²) in [7, 11) is 1.61. The molecule has 3 aromatic rings. The highest BCUT2D eigenvalue weighted by atomic mass is 32.2. The number of nitrogens with two attached hydrogens (primary N) is 1. The number of methoxy groups -OCH3 is 1. The highest BCUT2D eigenvalue weighted by Crippen LogP contribution is 2.27. The summed E-state index contributed by atoms with van der Waals surface area (Å²) in [6.07, 6.45) is 1.65. The second-order valence-corrected chi connectivity index (χ2v) is 7.79. The Balaban J connectivity index is 1.66. The number of benzene rings is 1. The minimum absolute atomic E-state index is 0.122. The first kappa shape index (κ1) is 21.4. The number of rotatable bonds is 10. The van der Waals surface area contributed by atoms with Crippen molar-refractivity contribution in [3.63, 3.8) is 0 Å². The quantitative estimate of drug-likeness (QED) is 0.473. The average molecular weight is 430 g/mol. The van der Waals surface area contributed by atoms with E-state index in [-0.39, 0.29) is 12.3 Å². The lowest BCUT2D eigenvalue weighted by Gasteiger charge is -2.13. The van der Waals surface area contributed by atoms with Gasteiger partial charge in [0.2, 0.25) is 11.8 Å². The van der Waals surface area contributed by atoms with E-state index in [0.717, 1.165) is 11.3 Å². The number of ether oxygens (including phenoxy) is 1. The number of hydrogen-bond acceptors (Lipinski definition) is 7. The van der Waals surface area contributed by atoms with Crippen LogP contribution in [0.5, 0.6) is 5.75 Å². The van der Waals surface area contributed by atoms with Crippen LogP contribution in [0.1, 0.15) is 18.9 Å². The number of amides is 2. The number of furan rings is 1. The number of carbonyl (C=O) groups is 2. The van der Waals surface area contributed by atoms with Crippen LogP contribution in [-0.2, 0) is 22.7 Å². The molecule has 10 heteroatoms. The van der Waals surface area contributed by atoms with Crippen molar-refractivity contribution >= 4 is 23.6 Å². The smallest absolute Gasteiger partial charge is 0.233 e.